The highest BCUT2D eigenvalue weighted by Crippen LogP contribution is 2.23. The predicted octanol–water partition coefficient (Wildman–Crippen LogP) is 3.88. The monoisotopic (exact) mass is 437 g/mol. The molecule has 1 saturated heterocycles. The van der Waals surface area contributed by atoms with E-state index in [1.807, 2.05) is 0 Å². The number of benzene rings is 2. The quantitative estimate of drug-likeness (QED) is 0.713. The van der Waals surface area contributed by atoms with Crippen LogP contribution in [0.2, 0.25) is 0 Å². The number of phenolic OH excluding ortho intramolecular Hbond substituents is 1. The van der Waals surface area contributed by atoms with Crippen molar-refractivity contribution in [1.29, 1.82) is 0 Å². The standard InChI is InChI=1S/C20H21BrFNO4/c21-15-7-8-19(17(22)10-15)27-13-20(25)23(12-16-5-3-9-26-16)11-14-4-1-2-6-18(14)24/h1-2,4,6-8,10,16,24H,3,5,9,11-13H2. The van der Waals surface area contributed by atoms with Gasteiger partial charge in [0.05, 0.1) is 6.10 Å². The van der Waals surface area contributed by atoms with E-state index in [4.69, 9.17) is 9.47 Å². The normalized spacial score (nSPS) is 16.3. The SMILES string of the molecule is O=C(COc1ccc(Br)cc1F)N(Cc1ccccc1O)CC1CCCO1. The molecule has 1 N–H and O–H groups in total. The Balaban J connectivity index is 1.68. The summed E-state index contributed by atoms with van der Waals surface area (Å²) < 4.78 is 25.5. The number of nitrogens with zero attached hydrogens (tertiary/aromatic N) is 1. The molecule has 1 aliphatic heterocycles. The van der Waals surface area contributed by atoms with Gasteiger partial charge in [0.15, 0.2) is 18.2 Å². The van der Waals surface area contributed by atoms with Crippen molar-refractivity contribution in [2.24, 2.45) is 0 Å². The Bertz CT molecular complexity index is 795. The van der Waals surface area contributed by atoms with Crippen molar-refractivity contribution < 1.29 is 23.8 Å². The van der Waals surface area contributed by atoms with Gasteiger partial charge in [0.25, 0.3) is 5.91 Å². The Labute approximate surface area is 165 Å². The summed E-state index contributed by atoms with van der Waals surface area (Å²) in [5.41, 5.74) is 0.638. The molecule has 144 valence electrons. The number of aromatic hydroxyl groups is 1. The molecular weight excluding hydrogens is 417 g/mol. The molecule has 0 spiro atoms. The first-order valence-electron chi connectivity index (χ1n) is 8.77. The number of carbonyl (C=O) groups is 1. The molecule has 5 nitrogen and oxygen atoms in total. The second-order valence-corrected chi connectivity index (χ2v) is 7.32. The van der Waals surface area contributed by atoms with E-state index in [1.165, 1.54) is 12.1 Å². The number of carbonyl (C=O) groups excluding carboxylic acids is 1. The molecule has 1 fully saturated rings. The summed E-state index contributed by atoms with van der Waals surface area (Å²) in [4.78, 5) is 14.3. The van der Waals surface area contributed by atoms with Crippen LogP contribution in [0.25, 0.3) is 0 Å². The molecule has 0 radical (unpaired) electrons. The second-order valence-electron chi connectivity index (χ2n) is 6.40. The smallest absolute Gasteiger partial charge is 0.260 e. The summed E-state index contributed by atoms with van der Waals surface area (Å²) in [7, 11) is 0. The maximum atomic E-state index is 13.9. The second kappa shape index (κ2) is 9.19. The molecule has 0 aliphatic carbocycles. The molecule has 1 heterocycles. The van der Waals surface area contributed by atoms with Crippen molar-refractivity contribution in [3.05, 3.63) is 58.3 Å². The zero-order chi connectivity index (χ0) is 19.2. The van der Waals surface area contributed by atoms with Gasteiger partial charge in [-0.25, -0.2) is 4.39 Å². The summed E-state index contributed by atoms with van der Waals surface area (Å²) in [6, 6.07) is 11.3. The number of halogens is 2. The number of amides is 1. The van der Waals surface area contributed by atoms with Crippen molar-refractivity contribution >= 4 is 21.8 Å². The molecule has 2 aromatic carbocycles. The van der Waals surface area contributed by atoms with Gasteiger partial charge in [-0.05, 0) is 37.1 Å². The minimum atomic E-state index is -0.538. The molecule has 1 unspecified atom stereocenters. The summed E-state index contributed by atoms with van der Waals surface area (Å²) in [6.45, 7) is 1.03. The van der Waals surface area contributed by atoms with Crippen LogP contribution in [0.15, 0.2) is 46.9 Å². The predicted molar refractivity (Wildman–Crippen MR) is 102 cm³/mol. The average molecular weight is 438 g/mol. The van der Waals surface area contributed by atoms with Crippen LogP contribution in [0.5, 0.6) is 11.5 Å². The lowest BCUT2D eigenvalue weighted by Crippen LogP contribution is -2.39. The molecule has 1 aliphatic rings. The number of phenols is 1. The summed E-state index contributed by atoms with van der Waals surface area (Å²) in [5, 5.41) is 10.0. The van der Waals surface area contributed by atoms with Crippen molar-refractivity contribution in [2.75, 3.05) is 19.8 Å². The summed E-state index contributed by atoms with van der Waals surface area (Å²) in [6.07, 6.45) is 1.81. The van der Waals surface area contributed by atoms with Crippen LogP contribution in [0, 0.1) is 5.82 Å². The molecule has 0 bridgehead atoms. The number of para-hydroxylation sites is 1. The molecule has 2 aromatic rings. The molecule has 0 aromatic heterocycles. The zero-order valence-electron chi connectivity index (χ0n) is 14.7. The lowest BCUT2D eigenvalue weighted by atomic mass is 10.1. The average Bonchev–Trinajstić information content (AvgIpc) is 3.15. The van der Waals surface area contributed by atoms with Crippen LogP contribution >= 0.6 is 15.9 Å². The zero-order valence-corrected chi connectivity index (χ0v) is 16.3. The minimum absolute atomic E-state index is 0.0196. The molecule has 0 saturated carbocycles. The van der Waals surface area contributed by atoms with Crippen molar-refractivity contribution in [2.45, 2.75) is 25.5 Å². The maximum Gasteiger partial charge on any atom is 0.260 e. The number of rotatable bonds is 7. The van der Waals surface area contributed by atoms with Gasteiger partial charge < -0.3 is 19.5 Å². The van der Waals surface area contributed by atoms with E-state index in [1.54, 1.807) is 35.2 Å². The van der Waals surface area contributed by atoms with Gasteiger partial charge in [0.2, 0.25) is 0 Å². The van der Waals surface area contributed by atoms with Gasteiger partial charge in [0.1, 0.15) is 5.75 Å². The highest BCUT2D eigenvalue weighted by atomic mass is 79.9. The first-order chi connectivity index (χ1) is 13.0. The van der Waals surface area contributed by atoms with Crippen LogP contribution in [-0.2, 0) is 16.1 Å². The molecule has 3 rings (SSSR count). The third-order valence-corrected chi connectivity index (χ3v) is 4.89. The first kappa shape index (κ1) is 19.6. The minimum Gasteiger partial charge on any atom is -0.508 e. The fourth-order valence-corrected chi connectivity index (χ4v) is 3.30. The van der Waals surface area contributed by atoms with Gasteiger partial charge in [-0.15, -0.1) is 0 Å². The van der Waals surface area contributed by atoms with Crippen LogP contribution < -0.4 is 4.74 Å². The van der Waals surface area contributed by atoms with Crippen LogP contribution in [0.4, 0.5) is 4.39 Å². The lowest BCUT2D eigenvalue weighted by Gasteiger charge is -2.26. The van der Waals surface area contributed by atoms with E-state index < -0.39 is 5.82 Å². The van der Waals surface area contributed by atoms with Crippen molar-refractivity contribution in [3.63, 3.8) is 0 Å². The molecular formula is C20H21BrFNO4. The van der Waals surface area contributed by atoms with E-state index in [0.29, 0.717) is 23.2 Å². The number of hydrogen-bond acceptors (Lipinski definition) is 4. The van der Waals surface area contributed by atoms with E-state index in [-0.39, 0.29) is 36.7 Å². The van der Waals surface area contributed by atoms with Crippen LogP contribution in [-0.4, -0.2) is 41.8 Å². The lowest BCUT2D eigenvalue weighted by molar-refractivity contribution is -0.135. The highest BCUT2D eigenvalue weighted by Gasteiger charge is 2.24. The topological polar surface area (TPSA) is 59.0 Å². The Morgan fingerprint density at radius 2 is 2.15 bits per heavy atom. The third-order valence-electron chi connectivity index (χ3n) is 4.40. The van der Waals surface area contributed by atoms with E-state index in [0.717, 1.165) is 12.8 Å². The summed E-state index contributed by atoms with van der Waals surface area (Å²) >= 11 is 3.18. The van der Waals surface area contributed by atoms with Gasteiger partial charge in [-0.3, -0.25) is 4.79 Å². The van der Waals surface area contributed by atoms with Gasteiger partial charge in [0, 0.05) is 29.7 Å². The Kier molecular flexibility index (Phi) is 6.68. The molecule has 27 heavy (non-hydrogen) atoms. The Morgan fingerprint density at radius 1 is 1.33 bits per heavy atom. The van der Waals surface area contributed by atoms with Gasteiger partial charge >= 0.3 is 0 Å². The Hall–Kier alpha value is -2.12. The highest BCUT2D eigenvalue weighted by molar-refractivity contribution is 9.10. The first-order valence-corrected chi connectivity index (χ1v) is 9.56. The van der Waals surface area contributed by atoms with E-state index >= 15 is 0 Å². The molecule has 1 atom stereocenters. The van der Waals surface area contributed by atoms with Crippen molar-refractivity contribution in [1.82, 2.24) is 4.90 Å². The van der Waals surface area contributed by atoms with Crippen LogP contribution in [0.1, 0.15) is 18.4 Å². The molecule has 7 heteroatoms. The fourth-order valence-electron chi connectivity index (χ4n) is 2.96. The fraction of sp³-hybridized carbons (Fsp3) is 0.350. The van der Waals surface area contributed by atoms with Crippen molar-refractivity contribution in [3.8, 4) is 11.5 Å². The van der Waals surface area contributed by atoms with E-state index in [9.17, 15) is 14.3 Å². The molecule has 1 amide bonds. The van der Waals surface area contributed by atoms with Crippen LogP contribution in [0.3, 0.4) is 0 Å². The largest absolute Gasteiger partial charge is 0.508 e. The maximum absolute atomic E-state index is 13.9. The third kappa shape index (κ3) is 5.43. The van der Waals surface area contributed by atoms with Gasteiger partial charge in [-0.1, -0.05) is 34.1 Å². The van der Waals surface area contributed by atoms with Gasteiger partial charge in [-0.2, -0.15) is 0 Å². The Morgan fingerprint density at radius 3 is 2.85 bits per heavy atom. The number of hydrogen-bond donors (Lipinski definition) is 1. The van der Waals surface area contributed by atoms with E-state index in [2.05, 4.69) is 15.9 Å². The number of ether oxygens (including phenoxy) is 2. The summed E-state index contributed by atoms with van der Waals surface area (Å²) in [5.74, 6) is -0.687.